The number of benzene rings is 1. The van der Waals surface area contributed by atoms with Gasteiger partial charge in [-0.1, -0.05) is 18.9 Å². The number of nitrogens with zero attached hydrogens (tertiary/aromatic N) is 1. The van der Waals surface area contributed by atoms with Crippen LogP contribution in [0.5, 0.6) is 0 Å². The summed E-state index contributed by atoms with van der Waals surface area (Å²) >= 11 is 0. The first-order valence-electron chi connectivity index (χ1n) is 9.59. The van der Waals surface area contributed by atoms with Gasteiger partial charge in [0.05, 0.1) is 5.56 Å². The largest absolute Gasteiger partial charge is 0.416 e. The average Bonchev–Trinajstić information content (AvgIpc) is 3.00. The van der Waals surface area contributed by atoms with Crippen molar-refractivity contribution in [3.8, 4) is 0 Å². The average molecular weight is 366 g/mol. The fraction of sp³-hybridized carbons (Fsp3) is 0.650. The van der Waals surface area contributed by atoms with E-state index in [0.29, 0.717) is 24.3 Å². The Hall–Kier alpha value is -1.56. The topological polar surface area (TPSA) is 32.3 Å². The summed E-state index contributed by atoms with van der Waals surface area (Å²) in [6.07, 6.45) is 1.04. The van der Waals surface area contributed by atoms with E-state index in [1.165, 1.54) is 44.4 Å². The number of hydrogen-bond donors (Lipinski definition) is 1. The second-order valence-corrected chi connectivity index (χ2v) is 8.15. The third kappa shape index (κ3) is 3.75. The number of alkyl halides is 3. The number of nitrogens with one attached hydrogen (secondary N) is 1. The molecule has 1 N–H and O–H groups in total. The molecular weight excluding hydrogens is 341 g/mol. The van der Waals surface area contributed by atoms with Crippen molar-refractivity contribution in [2.45, 2.75) is 31.9 Å². The lowest BCUT2D eigenvalue weighted by Gasteiger charge is -2.23. The second kappa shape index (κ2) is 6.87. The number of fused-ring (bicyclic) bond motifs is 1. The third-order valence-corrected chi connectivity index (χ3v) is 6.39. The van der Waals surface area contributed by atoms with Gasteiger partial charge in [-0.15, -0.1) is 0 Å². The molecule has 2 unspecified atom stereocenters. The van der Waals surface area contributed by atoms with Crippen molar-refractivity contribution >= 4 is 5.91 Å². The van der Waals surface area contributed by atoms with Crippen molar-refractivity contribution in [3.05, 3.63) is 35.4 Å². The maximum Gasteiger partial charge on any atom is 0.416 e. The summed E-state index contributed by atoms with van der Waals surface area (Å²) < 4.78 is 38.3. The summed E-state index contributed by atoms with van der Waals surface area (Å²) in [6.45, 7) is 4.02. The maximum absolute atomic E-state index is 12.8. The van der Waals surface area contributed by atoms with E-state index in [-0.39, 0.29) is 5.56 Å². The van der Waals surface area contributed by atoms with Gasteiger partial charge in [0, 0.05) is 31.7 Å². The Morgan fingerprint density at radius 1 is 1.15 bits per heavy atom. The van der Waals surface area contributed by atoms with Crippen LogP contribution in [0.4, 0.5) is 13.2 Å². The summed E-state index contributed by atoms with van der Waals surface area (Å²) in [5.74, 6) is 2.25. The van der Waals surface area contributed by atoms with Gasteiger partial charge in [-0.2, -0.15) is 13.2 Å². The van der Waals surface area contributed by atoms with E-state index in [4.69, 9.17) is 0 Å². The van der Waals surface area contributed by atoms with Crippen LogP contribution in [0.1, 0.15) is 41.6 Å². The number of rotatable bonds is 5. The molecule has 3 nitrogen and oxygen atoms in total. The van der Waals surface area contributed by atoms with E-state index in [0.717, 1.165) is 31.1 Å². The van der Waals surface area contributed by atoms with Crippen LogP contribution in [0, 0.1) is 23.7 Å². The molecule has 2 saturated carbocycles. The lowest BCUT2D eigenvalue weighted by atomic mass is 10.1. The minimum absolute atomic E-state index is 0.0773. The van der Waals surface area contributed by atoms with Crippen LogP contribution in [-0.4, -0.2) is 37.0 Å². The number of carbonyl (C=O) groups is 1. The Balaban J connectivity index is 1.23. The Morgan fingerprint density at radius 3 is 2.50 bits per heavy atom. The summed E-state index contributed by atoms with van der Waals surface area (Å²) in [5, 5.41) is 2.83. The van der Waals surface area contributed by atoms with Gasteiger partial charge >= 0.3 is 6.18 Å². The minimum atomic E-state index is -4.42. The van der Waals surface area contributed by atoms with E-state index in [9.17, 15) is 18.0 Å². The van der Waals surface area contributed by atoms with Gasteiger partial charge in [-0.3, -0.25) is 4.79 Å². The highest BCUT2D eigenvalue weighted by Gasteiger charge is 2.55. The minimum Gasteiger partial charge on any atom is -0.352 e. The van der Waals surface area contributed by atoms with E-state index >= 15 is 0 Å². The van der Waals surface area contributed by atoms with Crippen molar-refractivity contribution in [2.75, 3.05) is 26.2 Å². The molecule has 1 heterocycles. The molecule has 3 aliphatic rings. The first kappa shape index (κ1) is 17.8. The number of likely N-dealkylation sites (tertiary alicyclic amines) is 1. The van der Waals surface area contributed by atoms with Crippen LogP contribution >= 0.6 is 0 Å². The lowest BCUT2D eigenvalue weighted by Crippen LogP contribution is -2.32. The number of halogens is 3. The van der Waals surface area contributed by atoms with Gasteiger partial charge in [0.1, 0.15) is 0 Å². The summed E-state index contributed by atoms with van der Waals surface area (Å²) in [4.78, 5) is 14.7. The van der Waals surface area contributed by atoms with Crippen LogP contribution in [0.2, 0.25) is 0 Å². The molecule has 0 aromatic heterocycles. The SMILES string of the molecule is O=C(NCC1C2CN(CC3CCCC3)CC12)c1cccc(C(F)(F)F)c1. The smallest absolute Gasteiger partial charge is 0.352 e. The first-order chi connectivity index (χ1) is 12.4. The van der Waals surface area contributed by atoms with Crippen LogP contribution in [0.3, 0.4) is 0 Å². The maximum atomic E-state index is 12.8. The first-order valence-corrected chi connectivity index (χ1v) is 9.59. The zero-order valence-electron chi connectivity index (χ0n) is 14.8. The van der Waals surface area contributed by atoms with Crippen LogP contribution < -0.4 is 5.32 Å². The second-order valence-electron chi connectivity index (χ2n) is 8.15. The Morgan fingerprint density at radius 2 is 1.85 bits per heavy atom. The Kier molecular flexibility index (Phi) is 4.71. The quantitative estimate of drug-likeness (QED) is 0.860. The van der Waals surface area contributed by atoms with Gasteiger partial charge < -0.3 is 10.2 Å². The van der Waals surface area contributed by atoms with Crippen molar-refractivity contribution in [1.82, 2.24) is 10.2 Å². The zero-order valence-corrected chi connectivity index (χ0v) is 14.8. The molecule has 0 radical (unpaired) electrons. The highest BCUT2D eigenvalue weighted by molar-refractivity contribution is 5.94. The molecule has 6 heteroatoms. The zero-order chi connectivity index (χ0) is 18.3. The lowest BCUT2D eigenvalue weighted by molar-refractivity contribution is -0.137. The van der Waals surface area contributed by atoms with E-state index < -0.39 is 17.6 Å². The number of hydrogen-bond acceptors (Lipinski definition) is 2. The molecule has 1 aromatic carbocycles. The normalized spacial score (nSPS) is 29.0. The van der Waals surface area contributed by atoms with Gasteiger partial charge in [-0.25, -0.2) is 0 Å². The standard InChI is InChI=1S/C20H25F3N2O/c21-20(22,23)15-7-3-6-14(8-15)19(26)24-9-16-17-11-25(12-18(16)17)10-13-4-1-2-5-13/h3,6-8,13,16-18H,1-2,4-5,9-12H2,(H,24,26). The van der Waals surface area contributed by atoms with Gasteiger partial charge in [0.2, 0.25) is 0 Å². The predicted molar refractivity (Wildman–Crippen MR) is 92.6 cm³/mol. The molecule has 1 aliphatic heterocycles. The number of carbonyl (C=O) groups excluding carboxylic acids is 1. The highest BCUT2D eigenvalue weighted by Crippen LogP contribution is 2.51. The summed E-state index contributed by atoms with van der Waals surface area (Å²) in [5.41, 5.74) is -0.704. The number of amides is 1. The Labute approximate surface area is 151 Å². The predicted octanol–water partition coefficient (Wildman–Crippen LogP) is 3.80. The van der Waals surface area contributed by atoms with Gasteiger partial charge in [0.25, 0.3) is 5.91 Å². The molecular formula is C20H25F3N2O. The van der Waals surface area contributed by atoms with Gasteiger partial charge in [0.15, 0.2) is 0 Å². The monoisotopic (exact) mass is 366 g/mol. The van der Waals surface area contributed by atoms with Crippen LogP contribution in [0.15, 0.2) is 24.3 Å². The fourth-order valence-electron chi connectivity index (χ4n) is 4.90. The van der Waals surface area contributed by atoms with E-state index in [1.807, 2.05) is 0 Å². The molecule has 1 saturated heterocycles. The van der Waals surface area contributed by atoms with Crippen molar-refractivity contribution in [1.29, 1.82) is 0 Å². The van der Waals surface area contributed by atoms with Crippen LogP contribution in [-0.2, 0) is 6.18 Å². The van der Waals surface area contributed by atoms with Crippen LogP contribution in [0.25, 0.3) is 0 Å². The third-order valence-electron chi connectivity index (χ3n) is 6.39. The van der Waals surface area contributed by atoms with Crippen molar-refractivity contribution < 1.29 is 18.0 Å². The number of piperidine rings is 1. The molecule has 142 valence electrons. The van der Waals surface area contributed by atoms with Crippen molar-refractivity contribution in [3.63, 3.8) is 0 Å². The molecule has 2 atom stereocenters. The molecule has 1 aromatic rings. The molecule has 0 spiro atoms. The molecule has 2 aliphatic carbocycles. The van der Waals surface area contributed by atoms with E-state index in [1.54, 1.807) is 0 Å². The Bertz CT molecular complexity index is 657. The summed E-state index contributed by atoms with van der Waals surface area (Å²) in [6, 6.07) is 4.62. The van der Waals surface area contributed by atoms with Gasteiger partial charge in [-0.05, 0) is 54.7 Å². The highest BCUT2D eigenvalue weighted by atomic mass is 19.4. The van der Waals surface area contributed by atoms with Crippen molar-refractivity contribution in [2.24, 2.45) is 23.7 Å². The molecule has 3 fully saturated rings. The molecule has 1 amide bonds. The molecule has 0 bridgehead atoms. The molecule has 26 heavy (non-hydrogen) atoms. The molecule has 4 rings (SSSR count). The van der Waals surface area contributed by atoms with E-state index in [2.05, 4.69) is 10.2 Å². The fourth-order valence-corrected chi connectivity index (χ4v) is 4.90. The summed E-state index contributed by atoms with van der Waals surface area (Å²) in [7, 11) is 0.